The number of hydrogen-bond donors (Lipinski definition) is 0. The second kappa shape index (κ2) is 5.50. The van der Waals surface area contributed by atoms with Gasteiger partial charge in [0.25, 0.3) is 0 Å². The van der Waals surface area contributed by atoms with Crippen LogP contribution in [0.1, 0.15) is 39.5 Å². The van der Waals surface area contributed by atoms with Gasteiger partial charge in [-0.3, -0.25) is 0 Å². The Kier molecular flexibility index (Phi) is 4.96. The monoisotopic (exact) mass is 220 g/mol. The Bertz CT molecular complexity index is 145. The minimum atomic E-state index is 0.454. The highest BCUT2D eigenvalue weighted by Gasteiger charge is 2.39. The maximum Gasteiger partial charge on any atom is 0.0280 e. The van der Waals surface area contributed by atoms with E-state index in [1.807, 2.05) is 11.8 Å². The molecule has 0 aromatic carbocycles. The zero-order chi connectivity index (χ0) is 9.73. The summed E-state index contributed by atoms with van der Waals surface area (Å²) < 4.78 is 0. The molecule has 1 unspecified atom stereocenters. The Morgan fingerprint density at radius 1 is 1.46 bits per heavy atom. The quantitative estimate of drug-likeness (QED) is 0.458. The molecule has 1 fully saturated rings. The molecule has 78 valence electrons. The Morgan fingerprint density at radius 2 is 2.15 bits per heavy atom. The third kappa shape index (κ3) is 3.71. The first-order chi connectivity index (χ1) is 6.23. The van der Waals surface area contributed by atoms with Crippen molar-refractivity contribution in [2.75, 3.05) is 17.4 Å². The van der Waals surface area contributed by atoms with Crippen LogP contribution < -0.4 is 0 Å². The fourth-order valence-electron chi connectivity index (χ4n) is 1.88. The first kappa shape index (κ1) is 11.7. The Balaban J connectivity index is 2.15. The molecule has 2 heteroatoms. The van der Waals surface area contributed by atoms with Gasteiger partial charge in [0, 0.05) is 5.88 Å². The van der Waals surface area contributed by atoms with Crippen molar-refractivity contribution in [2.24, 2.45) is 11.3 Å². The average Bonchev–Trinajstić information content (AvgIpc) is 2.95. The average molecular weight is 221 g/mol. The second-order valence-electron chi connectivity index (χ2n) is 4.36. The van der Waals surface area contributed by atoms with E-state index in [0.717, 1.165) is 11.8 Å². The third-order valence-corrected chi connectivity index (χ3v) is 4.71. The molecule has 0 N–H and O–H groups in total. The van der Waals surface area contributed by atoms with Crippen molar-refractivity contribution in [3.63, 3.8) is 0 Å². The van der Waals surface area contributed by atoms with E-state index in [1.165, 1.54) is 37.2 Å². The number of halogens is 1. The van der Waals surface area contributed by atoms with Gasteiger partial charge in [-0.1, -0.05) is 13.8 Å². The molecule has 0 aromatic heterocycles. The molecule has 1 aliphatic carbocycles. The summed E-state index contributed by atoms with van der Waals surface area (Å²) >= 11 is 8.10. The van der Waals surface area contributed by atoms with Gasteiger partial charge in [0.15, 0.2) is 0 Å². The molecule has 0 radical (unpaired) electrons. The predicted molar refractivity (Wildman–Crippen MR) is 63.8 cm³/mol. The lowest BCUT2D eigenvalue weighted by Gasteiger charge is -2.26. The summed E-state index contributed by atoms with van der Waals surface area (Å²) in [6.45, 7) is 4.60. The summed E-state index contributed by atoms with van der Waals surface area (Å²) in [4.78, 5) is 0. The van der Waals surface area contributed by atoms with E-state index in [2.05, 4.69) is 13.8 Å². The van der Waals surface area contributed by atoms with Gasteiger partial charge in [0.1, 0.15) is 0 Å². The number of hydrogen-bond acceptors (Lipinski definition) is 1. The standard InChI is InChI=1S/C11H21ClS/c1-3-13-8-4-7-11(2,9-12)10-5-6-10/h10H,3-9H2,1-2H3. The maximum atomic E-state index is 6.05. The molecule has 1 aliphatic rings. The van der Waals surface area contributed by atoms with Crippen LogP contribution >= 0.6 is 23.4 Å². The van der Waals surface area contributed by atoms with Crippen molar-refractivity contribution in [1.82, 2.24) is 0 Å². The zero-order valence-corrected chi connectivity index (χ0v) is 10.4. The van der Waals surface area contributed by atoms with Crippen LogP contribution in [0.15, 0.2) is 0 Å². The first-order valence-electron chi connectivity index (χ1n) is 5.36. The minimum Gasteiger partial charge on any atom is -0.162 e. The van der Waals surface area contributed by atoms with Crippen molar-refractivity contribution in [3.8, 4) is 0 Å². The van der Waals surface area contributed by atoms with E-state index in [0.29, 0.717) is 5.41 Å². The summed E-state index contributed by atoms with van der Waals surface area (Å²) in [7, 11) is 0. The fraction of sp³-hybridized carbons (Fsp3) is 1.00. The molecule has 1 rings (SSSR count). The summed E-state index contributed by atoms with van der Waals surface area (Å²) in [5.41, 5.74) is 0.454. The van der Waals surface area contributed by atoms with Crippen molar-refractivity contribution < 1.29 is 0 Å². The lowest BCUT2D eigenvalue weighted by Crippen LogP contribution is -2.21. The van der Waals surface area contributed by atoms with Crippen LogP contribution in [0.2, 0.25) is 0 Å². The summed E-state index contributed by atoms with van der Waals surface area (Å²) in [5.74, 6) is 4.36. The van der Waals surface area contributed by atoms with E-state index < -0.39 is 0 Å². The van der Waals surface area contributed by atoms with E-state index in [9.17, 15) is 0 Å². The number of rotatable bonds is 7. The Labute approximate surface area is 91.8 Å². The number of alkyl halides is 1. The largest absolute Gasteiger partial charge is 0.162 e. The lowest BCUT2D eigenvalue weighted by molar-refractivity contribution is 0.287. The van der Waals surface area contributed by atoms with Crippen molar-refractivity contribution in [3.05, 3.63) is 0 Å². The van der Waals surface area contributed by atoms with Gasteiger partial charge in [-0.15, -0.1) is 11.6 Å². The summed E-state index contributed by atoms with van der Waals surface area (Å²) in [5, 5.41) is 0. The molecule has 0 bridgehead atoms. The molecule has 0 aliphatic heterocycles. The fourth-order valence-corrected chi connectivity index (χ4v) is 2.87. The Hall–Kier alpha value is 0.640. The summed E-state index contributed by atoms with van der Waals surface area (Å²) in [6, 6.07) is 0. The van der Waals surface area contributed by atoms with Gasteiger partial charge >= 0.3 is 0 Å². The molecule has 1 atom stereocenters. The second-order valence-corrected chi connectivity index (χ2v) is 6.02. The van der Waals surface area contributed by atoms with Crippen molar-refractivity contribution in [1.29, 1.82) is 0 Å². The van der Waals surface area contributed by atoms with Gasteiger partial charge in [-0.2, -0.15) is 11.8 Å². The van der Waals surface area contributed by atoms with Crippen LogP contribution in [-0.2, 0) is 0 Å². The molecule has 0 heterocycles. The minimum absolute atomic E-state index is 0.454. The maximum absolute atomic E-state index is 6.05. The van der Waals surface area contributed by atoms with Gasteiger partial charge < -0.3 is 0 Å². The lowest BCUT2D eigenvalue weighted by atomic mass is 9.83. The van der Waals surface area contributed by atoms with Crippen LogP contribution in [0.3, 0.4) is 0 Å². The molecule has 0 spiro atoms. The van der Waals surface area contributed by atoms with Gasteiger partial charge in [-0.05, 0) is 48.5 Å². The van der Waals surface area contributed by atoms with E-state index in [-0.39, 0.29) is 0 Å². The van der Waals surface area contributed by atoms with Crippen molar-refractivity contribution >= 4 is 23.4 Å². The van der Waals surface area contributed by atoms with Crippen LogP contribution in [0.4, 0.5) is 0 Å². The molecular formula is C11H21ClS. The van der Waals surface area contributed by atoms with Crippen LogP contribution in [0.5, 0.6) is 0 Å². The molecule has 0 amide bonds. The summed E-state index contributed by atoms with van der Waals surface area (Å²) in [6.07, 6.45) is 5.51. The SMILES string of the molecule is CCSCCCC(C)(CCl)C1CC1. The highest BCUT2D eigenvalue weighted by atomic mass is 35.5. The van der Waals surface area contributed by atoms with Crippen molar-refractivity contribution in [2.45, 2.75) is 39.5 Å². The highest BCUT2D eigenvalue weighted by Crippen LogP contribution is 2.48. The van der Waals surface area contributed by atoms with E-state index >= 15 is 0 Å². The van der Waals surface area contributed by atoms with Gasteiger partial charge in [0.2, 0.25) is 0 Å². The number of thioether (sulfide) groups is 1. The smallest absolute Gasteiger partial charge is 0.0280 e. The normalized spacial score (nSPS) is 21.5. The van der Waals surface area contributed by atoms with E-state index in [1.54, 1.807) is 0 Å². The van der Waals surface area contributed by atoms with Gasteiger partial charge in [-0.25, -0.2) is 0 Å². The third-order valence-electron chi connectivity index (χ3n) is 3.11. The molecule has 0 aromatic rings. The van der Waals surface area contributed by atoms with Crippen LogP contribution in [-0.4, -0.2) is 17.4 Å². The molecule has 0 saturated heterocycles. The van der Waals surface area contributed by atoms with E-state index in [4.69, 9.17) is 11.6 Å². The molecular weight excluding hydrogens is 200 g/mol. The van der Waals surface area contributed by atoms with Crippen LogP contribution in [0.25, 0.3) is 0 Å². The first-order valence-corrected chi connectivity index (χ1v) is 7.05. The molecule has 0 nitrogen and oxygen atoms in total. The van der Waals surface area contributed by atoms with Crippen LogP contribution in [0, 0.1) is 11.3 Å². The highest BCUT2D eigenvalue weighted by molar-refractivity contribution is 7.99. The molecule has 13 heavy (non-hydrogen) atoms. The zero-order valence-electron chi connectivity index (χ0n) is 8.81. The Morgan fingerprint density at radius 3 is 2.62 bits per heavy atom. The van der Waals surface area contributed by atoms with Gasteiger partial charge in [0.05, 0.1) is 0 Å². The molecule has 1 saturated carbocycles. The topological polar surface area (TPSA) is 0 Å². The predicted octanol–water partition coefficient (Wildman–Crippen LogP) is 4.17.